The summed E-state index contributed by atoms with van der Waals surface area (Å²) in [6.45, 7) is 1.34. The third kappa shape index (κ3) is 5.47. The largest absolute Gasteiger partial charge is 0.381 e. The molecule has 0 unspecified atom stereocenters. The van der Waals surface area contributed by atoms with Gasteiger partial charge in [-0.05, 0) is 43.4 Å². The number of ether oxygens (including phenoxy) is 1. The fourth-order valence-corrected chi connectivity index (χ4v) is 5.99. The first kappa shape index (κ1) is 23.1. The molecular formula is C20H31ClN2O4S. The second-order valence-electron chi connectivity index (χ2n) is 7.82. The van der Waals surface area contributed by atoms with Crippen molar-refractivity contribution in [2.45, 2.75) is 55.9 Å². The number of benzene rings is 1. The second kappa shape index (κ2) is 10.1. The van der Waals surface area contributed by atoms with Gasteiger partial charge >= 0.3 is 0 Å². The third-order valence-electron chi connectivity index (χ3n) is 5.94. The summed E-state index contributed by atoms with van der Waals surface area (Å²) in [5.74, 6) is -0.0855. The smallest absolute Gasteiger partial charge is 0.232 e. The number of rotatable bonds is 6. The molecule has 2 aliphatic rings. The van der Waals surface area contributed by atoms with Crippen molar-refractivity contribution in [2.24, 2.45) is 11.1 Å². The van der Waals surface area contributed by atoms with E-state index in [1.54, 1.807) is 18.2 Å². The van der Waals surface area contributed by atoms with E-state index in [2.05, 4.69) is 5.32 Å². The first-order valence-corrected chi connectivity index (χ1v) is 11.6. The van der Waals surface area contributed by atoms with Gasteiger partial charge < -0.3 is 15.8 Å². The van der Waals surface area contributed by atoms with Crippen LogP contribution in [-0.2, 0) is 25.1 Å². The lowest BCUT2D eigenvalue weighted by atomic mass is 9.79. The summed E-state index contributed by atoms with van der Waals surface area (Å²) in [6.07, 6.45) is 5.84. The van der Waals surface area contributed by atoms with Crippen LogP contribution in [0.5, 0.6) is 0 Å². The van der Waals surface area contributed by atoms with Crippen LogP contribution in [0.15, 0.2) is 24.3 Å². The summed E-state index contributed by atoms with van der Waals surface area (Å²) in [6, 6.07) is 7.16. The highest BCUT2D eigenvalue weighted by atomic mass is 35.5. The van der Waals surface area contributed by atoms with Crippen molar-refractivity contribution < 1.29 is 17.9 Å². The first-order chi connectivity index (χ1) is 13.0. The Bertz CT molecular complexity index is 757. The van der Waals surface area contributed by atoms with Crippen LogP contribution in [0, 0.1) is 5.41 Å². The maximum Gasteiger partial charge on any atom is 0.232 e. The van der Waals surface area contributed by atoms with Crippen LogP contribution in [0.2, 0.25) is 0 Å². The van der Waals surface area contributed by atoms with Gasteiger partial charge in [-0.1, -0.05) is 31.4 Å². The molecule has 1 saturated heterocycles. The molecule has 0 bridgehead atoms. The van der Waals surface area contributed by atoms with Crippen LogP contribution in [0.1, 0.15) is 50.5 Å². The number of nitrogens with one attached hydrogen (secondary N) is 1. The zero-order valence-corrected chi connectivity index (χ0v) is 17.8. The zero-order valence-electron chi connectivity index (χ0n) is 16.2. The molecule has 28 heavy (non-hydrogen) atoms. The van der Waals surface area contributed by atoms with E-state index in [0.717, 1.165) is 32.1 Å². The van der Waals surface area contributed by atoms with Crippen LogP contribution in [0.25, 0.3) is 0 Å². The molecule has 0 radical (unpaired) electrons. The molecule has 0 aromatic heterocycles. The molecule has 1 amide bonds. The summed E-state index contributed by atoms with van der Waals surface area (Å²) in [5.41, 5.74) is 6.62. The molecule has 1 aliphatic carbocycles. The van der Waals surface area contributed by atoms with Crippen LogP contribution in [-0.4, -0.2) is 39.3 Å². The molecule has 0 spiro atoms. The Morgan fingerprint density at radius 1 is 1.18 bits per heavy atom. The molecule has 1 saturated carbocycles. The third-order valence-corrected chi connectivity index (χ3v) is 8.16. The Balaban J connectivity index is 0.00000280. The summed E-state index contributed by atoms with van der Waals surface area (Å²) in [5, 5.41) is 2.71. The van der Waals surface area contributed by atoms with Gasteiger partial charge in [0.25, 0.3) is 0 Å². The zero-order chi connectivity index (χ0) is 19.3. The average molecular weight is 431 g/mol. The molecule has 3 rings (SSSR count). The standard InChI is InChI=1S/C20H30N2O4S.ClH/c21-15-20(9-11-26-12-10-20)19(23)22-17-6-4-5-16(13-17)14-27(24,25)18-7-2-1-3-8-18;/h4-6,13,18H,1-3,7-12,14-15,21H2,(H,22,23);1H. The van der Waals surface area contributed by atoms with Crippen molar-refractivity contribution in [1.82, 2.24) is 0 Å². The van der Waals surface area contributed by atoms with Gasteiger partial charge in [0.05, 0.1) is 16.4 Å². The minimum atomic E-state index is -3.17. The lowest BCUT2D eigenvalue weighted by molar-refractivity contribution is -0.130. The Kier molecular flexibility index (Phi) is 8.30. The van der Waals surface area contributed by atoms with Gasteiger partial charge in [-0.25, -0.2) is 8.42 Å². The maximum atomic E-state index is 12.8. The highest BCUT2D eigenvalue weighted by molar-refractivity contribution is 7.91. The number of hydrogen-bond donors (Lipinski definition) is 2. The molecule has 8 heteroatoms. The van der Waals surface area contributed by atoms with E-state index in [-0.39, 0.29) is 35.9 Å². The van der Waals surface area contributed by atoms with Crippen molar-refractivity contribution in [3.63, 3.8) is 0 Å². The van der Waals surface area contributed by atoms with Gasteiger partial charge in [0.2, 0.25) is 5.91 Å². The van der Waals surface area contributed by atoms with Crippen LogP contribution >= 0.6 is 12.4 Å². The predicted molar refractivity (Wildman–Crippen MR) is 113 cm³/mol. The molecule has 1 heterocycles. The first-order valence-electron chi connectivity index (χ1n) is 9.85. The van der Waals surface area contributed by atoms with Gasteiger partial charge in [-0.2, -0.15) is 0 Å². The fourth-order valence-electron chi connectivity index (χ4n) is 4.06. The molecular weight excluding hydrogens is 400 g/mol. The van der Waals surface area contributed by atoms with Crippen molar-refractivity contribution in [2.75, 3.05) is 25.1 Å². The Morgan fingerprint density at radius 2 is 1.86 bits per heavy atom. The molecule has 3 N–H and O–H groups in total. The van der Waals surface area contributed by atoms with E-state index in [1.165, 1.54) is 0 Å². The normalized spacial score (nSPS) is 20.2. The molecule has 158 valence electrons. The van der Waals surface area contributed by atoms with Crippen molar-refractivity contribution in [3.05, 3.63) is 29.8 Å². The van der Waals surface area contributed by atoms with E-state index >= 15 is 0 Å². The Hall–Kier alpha value is -1.15. The van der Waals surface area contributed by atoms with Gasteiger partial charge in [0.15, 0.2) is 9.84 Å². The number of hydrogen-bond acceptors (Lipinski definition) is 5. The van der Waals surface area contributed by atoms with Crippen LogP contribution in [0.3, 0.4) is 0 Å². The van der Waals surface area contributed by atoms with E-state index in [4.69, 9.17) is 10.5 Å². The number of amides is 1. The number of sulfone groups is 1. The highest BCUT2D eigenvalue weighted by Crippen LogP contribution is 2.31. The number of carbonyl (C=O) groups is 1. The van der Waals surface area contributed by atoms with Crippen LogP contribution < -0.4 is 11.1 Å². The van der Waals surface area contributed by atoms with Crippen molar-refractivity contribution in [1.29, 1.82) is 0 Å². The van der Waals surface area contributed by atoms with E-state index in [9.17, 15) is 13.2 Å². The Labute approximate surface area is 173 Å². The molecule has 1 aromatic rings. The minimum Gasteiger partial charge on any atom is -0.381 e. The molecule has 2 fully saturated rings. The summed E-state index contributed by atoms with van der Waals surface area (Å²) < 4.78 is 30.8. The molecule has 1 aromatic carbocycles. The van der Waals surface area contributed by atoms with E-state index in [0.29, 0.717) is 37.3 Å². The molecule has 1 aliphatic heterocycles. The number of nitrogens with two attached hydrogens (primary N) is 1. The lowest BCUT2D eigenvalue weighted by Crippen LogP contribution is -2.46. The lowest BCUT2D eigenvalue weighted by Gasteiger charge is -2.34. The summed E-state index contributed by atoms with van der Waals surface area (Å²) in [7, 11) is -3.17. The maximum absolute atomic E-state index is 12.8. The van der Waals surface area contributed by atoms with Gasteiger partial charge in [-0.15, -0.1) is 12.4 Å². The fraction of sp³-hybridized carbons (Fsp3) is 0.650. The monoisotopic (exact) mass is 430 g/mol. The quantitative estimate of drug-likeness (QED) is 0.722. The van der Waals surface area contributed by atoms with E-state index < -0.39 is 15.3 Å². The SMILES string of the molecule is Cl.NCC1(C(=O)Nc2cccc(CS(=O)(=O)C3CCCCC3)c2)CCOCC1. The minimum absolute atomic E-state index is 0. The van der Waals surface area contributed by atoms with Crippen molar-refractivity contribution >= 4 is 33.8 Å². The highest BCUT2D eigenvalue weighted by Gasteiger charge is 2.38. The topological polar surface area (TPSA) is 98.5 Å². The predicted octanol–water partition coefficient (Wildman–Crippen LogP) is 3.05. The average Bonchev–Trinajstić information content (AvgIpc) is 2.69. The second-order valence-corrected chi connectivity index (χ2v) is 10.1. The number of carbonyl (C=O) groups excluding carboxylic acids is 1. The summed E-state index contributed by atoms with van der Waals surface area (Å²) >= 11 is 0. The molecule has 0 atom stereocenters. The number of halogens is 1. The van der Waals surface area contributed by atoms with E-state index in [1.807, 2.05) is 6.07 Å². The van der Waals surface area contributed by atoms with Gasteiger partial charge in [0.1, 0.15) is 0 Å². The summed E-state index contributed by atoms with van der Waals surface area (Å²) in [4.78, 5) is 12.8. The van der Waals surface area contributed by atoms with Gasteiger partial charge in [-0.3, -0.25) is 4.79 Å². The molecule has 6 nitrogen and oxygen atoms in total. The Morgan fingerprint density at radius 3 is 2.50 bits per heavy atom. The number of anilines is 1. The van der Waals surface area contributed by atoms with Crippen molar-refractivity contribution in [3.8, 4) is 0 Å². The van der Waals surface area contributed by atoms with Gasteiger partial charge in [0, 0.05) is 25.4 Å². The van der Waals surface area contributed by atoms with Crippen LogP contribution in [0.4, 0.5) is 5.69 Å².